The molecule has 0 aliphatic carbocycles. The molecule has 6 nitrogen and oxygen atoms in total. The maximum absolute atomic E-state index is 4.91. The van der Waals surface area contributed by atoms with Crippen molar-refractivity contribution in [2.75, 3.05) is 13.1 Å². The third-order valence-electron chi connectivity index (χ3n) is 4.97. The minimum atomic E-state index is 0.418. The van der Waals surface area contributed by atoms with Crippen LogP contribution in [-0.2, 0) is 13.0 Å². The van der Waals surface area contributed by atoms with E-state index < -0.39 is 0 Å². The minimum Gasteiger partial charge on any atom is -0.298 e. The Morgan fingerprint density at radius 1 is 1.15 bits per heavy atom. The second-order valence-corrected chi connectivity index (χ2v) is 6.80. The van der Waals surface area contributed by atoms with Gasteiger partial charge in [0, 0.05) is 56.4 Å². The Morgan fingerprint density at radius 2 is 2.12 bits per heavy atom. The highest BCUT2D eigenvalue weighted by atomic mass is 15.1. The Kier molecular flexibility index (Phi) is 5.02. The summed E-state index contributed by atoms with van der Waals surface area (Å²) in [5, 5.41) is 0. The fourth-order valence-corrected chi connectivity index (χ4v) is 3.68. The van der Waals surface area contributed by atoms with Crippen LogP contribution in [0, 0.1) is 0 Å². The molecule has 0 bridgehead atoms. The molecule has 3 aromatic rings. The van der Waals surface area contributed by atoms with Gasteiger partial charge in [0.1, 0.15) is 5.82 Å². The lowest BCUT2D eigenvalue weighted by Crippen LogP contribution is -2.34. The summed E-state index contributed by atoms with van der Waals surface area (Å²) in [7, 11) is 0. The van der Waals surface area contributed by atoms with Crippen molar-refractivity contribution in [3.8, 4) is 5.82 Å². The molecule has 4 heterocycles. The van der Waals surface area contributed by atoms with Crippen molar-refractivity contribution < 1.29 is 0 Å². The molecule has 0 N–H and O–H groups in total. The van der Waals surface area contributed by atoms with Crippen molar-refractivity contribution in [2.45, 2.75) is 38.6 Å². The first kappa shape index (κ1) is 16.8. The molecule has 6 heteroatoms. The van der Waals surface area contributed by atoms with Crippen molar-refractivity contribution >= 4 is 0 Å². The highest BCUT2D eigenvalue weighted by Gasteiger charge is 2.23. The number of hydrogen-bond donors (Lipinski definition) is 0. The number of rotatable bonds is 5. The predicted molar refractivity (Wildman–Crippen MR) is 100 cm³/mol. The lowest BCUT2D eigenvalue weighted by atomic mass is 9.94. The summed E-state index contributed by atoms with van der Waals surface area (Å²) in [6, 6.07) is 4.14. The van der Waals surface area contributed by atoms with Crippen LogP contribution in [-0.4, -0.2) is 42.5 Å². The highest BCUT2D eigenvalue weighted by Crippen LogP contribution is 2.26. The maximum Gasteiger partial charge on any atom is 0.156 e. The molecular formula is C20H24N6. The molecular weight excluding hydrogens is 324 g/mol. The average molecular weight is 348 g/mol. The molecule has 1 atom stereocenters. The molecule has 0 saturated carbocycles. The predicted octanol–water partition coefficient (Wildman–Crippen LogP) is 3.00. The van der Waals surface area contributed by atoms with Gasteiger partial charge < -0.3 is 0 Å². The second-order valence-electron chi connectivity index (χ2n) is 6.80. The zero-order valence-electron chi connectivity index (χ0n) is 15.1. The van der Waals surface area contributed by atoms with Gasteiger partial charge in [-0.2, -0.15) is 0 Å². The lowest BCUT2D eigenvalue weighted by Gasteiger charge is -2.32. The van der Waals surface area contributed by atoms with Crippen LogP contribution in [0.5, 0.6) is 0 Å². The monoisotopic (exact) mass is 348 g/mol. The Labute approximate surface area is 154 Å². The molecule has 0 unspecified atom stereocenters. The largest absolute Gasteiger partial charge is 0.298 e. The van der Waals surface area contributed by atoms with Crippen molar-refractivity contribution in [3.63, 3.8) is 0 Å². The van der Waals surface area contributed by atoms with Crippen LogP contribution >= 0.6 is 0 Å². The van der Waals surface area contributed by atoms with Gasteiger partial charge >= 0.3 is 0 Å². The van der Waals surface area contributed by atoms with Crippen LogP contribution in [0.15, 0.2) is 49.3 Å². The van der Waals surface area contributed by atoms with Crippen LogP contribution in [0.3, 0.4) is 0 Å². The van der Waals surface area contributed by atoms with Crippen molar-refractivity contribution in [2.24, 2.45) is 0 Å². The molecule has 0 aromatic carbocycles. The van der Waals surface area contributed by atoms with Gasteiger partial charge in [0.15, 0.2) is 5.82 Å². The number of aryl methyl sites for hydroxylation is 1. The van der Waals surface area contributed by atoms with E-state index in [4.69, 9.17) is 4.98 Å². The third-order valence-corrected chi connectivity index (χ3v) is 4.97. The van der Waals surface area contributed by atoms with Crippen molar-refractivity contribution in [1.29, 1.82) is 0 Å². The smallest absolute Gasteiger partial charge is 0.156 e. The number of likely N-dealkylation sites (tertiary alicyclic amines) is 1. The number of imidazole rings is 1. The van der Waals surface area contributed by atoms with Crippen LogP contribution in [0.2, 0.25) is 0 Å². The summed E-state index contributed by atoms with van der Waals surface area (Å²) >= 11 is 0. The molecule has 0 amide bonds. The summed E-state index contributed by atoms with van der Waals surface area (Å²) < 4.78 is 2.03. The van der Waals surface area contributed by atoms with Crippen molar-refractivity contribution in [1.82, 2.24) is 29.4 Å². The van der Waals surface area contributed by atoms with Gasteiger partial charge in [0.05, 0.1) is 11.9 Å². The molecule has 3 aromatic heterocycles. The molecule has 134 valence electrons. The van der Waals surface area contributed by atoms with Gasteiger partial charge in [0.25, 0.3) is 0 Å². The Bertz CT molecular complexity index is 844. The minimum absolute atomic E-state index is 0.418. The summed E-state index contributed by atoms with van der Waals surface area (Å²) in [5.74, 6) is 2.29. The van der Waals surface area contributed by atoms with E-state index in [1.807, 2.05) is 47.8 Å². The third kappa shape index (κ3) is 3.65. The molecule has 1 fully saturated rings. The standard InChI is InChI=1S/C20H24N6/c1-2-19-23-8-10-26(19)20-13-22-12-18(24-20)17-6-4-9-25(15-17)14-16-5-3-7-21-11-16/h3,5,7-8,10-13,17H,2,4,6,9,14-15H2,1H3/t17-/m0/s1. The Hall–Kier alpha value is -2.60. The number of pyridine rings is 1. The Morgan fingerprint density at radius 3 is 2.96 bits per heavy atom. The van der Waals surface area contributed by atoms with E-state index in [1.54, 1.807) is 0 Å². The zero-order valence-corrected chi connectivity index (χ0v) is 15.1. The number of aromatic nitrogens is 5. The van der Waals surface area contributed by atoms with Crippen LogP contribution in [0.4, 0.5) is 0 Å². The molecule has 1 aliphatic rings. The van der Waals surface area contributed by atoms with E-state index in [-0.39, 0.29) is 0 Å². The fourth-order valence-electron chi connectivity index (χ4n) is 3.68. The summed E-state index contributed by atoms with van der Waals surface area (Å²) in [6.45, 7) is 5.18. The second kappa shape index (κ2) is 7.74. The molecule has 0 spiro atoms. The first-order valence-electron chi connectivity index (χ1n) is 9.29. The lowest BCUT2D eigenvalue weighted by molar-refractivity contribution is 0.198. The van der Waals surface area contributed by atoms with E-state index >= 15 is 0 Å². The first-order chi connectivity index (χ1) is 12.8. The van der Waals surface area contributed by atoms with E-state index in [2.05, 4.69) is 32.8 Å². The number of nitrogens with zero attached hydrogens (tertiary/aromatic N) is 6. The quantitative estimate of drug-likeness (QED) is 0.709. The summed E-state index contributed by atoms with van der Waals surface area (Å²) in [4.78, 5) is 20.5. The van der Waals surface area contributed by atoms with E-state index in [9.17, 15) is 0 Å². The highest BCUT2D eigenvalue weighted by molar-refractivity contribution is 5.24. The van der Waals surface area contributed by atoms with Crippen LogP contribution in [0.1, 0.15) is 42.8 Å². The van der Waals surface area contributed by atoms with Crippen LogP contribution < -0.4 is 0 Å². The van der Waals surface area contributed by atoms with E-state index in [0.29, 0.717) is 5.92 Å². The van der Waals surface area contributed by atoms with Crippen molar-refractivity contribution in [3.05, 3.63) is 66.4 Å². The first-order valence-corrected chi connectivity index (χ1v) is 9.29. The van der Waals surface area contributed by atoms with Gasteiger partial charge in [-0.1, -0.05) is 13.0 Å². The van der Waals surface area contributed by atoms with E-state index in [0.717, 1.165) is 49.8 Å². The summed E-state index contributed by atoms with van der Waals surface area (Å²) in [5.41, 5.74) is 2.34. The van der Waals surface area contributed by atoms with Gasteiger partial charge in [0.2, 0.25) is 0 Å². The Balaban J connectivity index is 1.51. The molecule has 26 heavy (non-hydrogen) atoms. The van der Waals surface area contributed by atoms with Gasteiger partial charge in [-0.3, -0.25) is 19.4 Å². The summed E-state index contributed by atoms with van der Waals surface area (Å²) in [6.07, 6.45) is 14.5. The topological polar surface area (TPSA) is 59.7 Å². The molecule has 0 radical (unpaired) electrons. The van der Waals surface area contributed by atoms with Gasteiger partial charge in [-0.15, -0.1) is 0 Å². The van der Waals surface area contributed by atoms with E-state index in [1.165, 1.54) is 12.0 Å². The molecule has 1 saturated heterocycles. The fraction of sp³-hybridized carbons (Fsp3) is 0.400. The normalized spacial score (nSPS) is 18.1. The average Bonchev–Trinajstić information content (AvgIpc) is 3.18. The van der Waals surface area contributed by atoms with Gasteiger partial charge in [-0.05, 0) is 31.0 Å². The SMILES string of the molecule is CCc1nccn1-c1cncc([C@H]2CCCN(Cc3cccnc3)C2)n1. The number of piperidine rings is 1. The molecule has 1 aliphatic heterocycles. The van der Waals surface area contributed by atoms with Crippen LogP contribution in [0.25, 0.3) is 5.82 Å². The molecule has 4 rings (SSSR count). The van der Waals surface area contributed by atoms with Gasteiger partial charge in [-0.25, -0.2) is 9.97 Å². The zero-order chi connectivity index (χ0) is 17.8. The maximum atomic E-state index is 4.91. The number of hydrogen-bond acceptors (Lipinski definition) is 5.